The van der Waals surface area contributed by atoms with E-state index >= 15 is 0 Å². The van der Waals surface area contributed by atoms with E-state index in [0.717, 1.165) is 19.3 Å². The van der Waals surface area contributed by atoms with Crippen molar-refractivity contribution in [3.05, 3.63) is 0 Å². The number of aliphatic carboxylic acids is 1. The van der Waals surface area contributed by atoms with Crippen LogP contribution < -0.4 is 0 Å². The van der Waals surface area contributed by atoms with Crippen molar-refractivity contribution in [1.29, 1.82) is 0 Å². The first-order chi connectivity index (χ1) is 7.50. The number of hydrogen-bond acceptors (Lipinski definition) is 3. The van der Waals surface area contributed by atoms with Gasteiger partial charge in [-0.1, -0.05) is 32.6 Å². The summed E-state index contributed by atoms with van der Waals surface area (Å²) in [5.41, 5.74) is 0. The molecule has 0 spiro atoms. The van der Waals surface area contributed by atoms with Gasteiger partial charge in [0.15, 0.2) is 15.1 Å². The molecule has 5 heteroatoms. The summed E-state index contributed by atoms with van der Waals surface area (Å²) in [5.74, 6) is -1.19. The second-order valence-corrected chi connectivity index (χ2v) is 6.88. The topological polar surface area (TPSA) is 71.4 Å². The number of carboxylic acids is 1. The molecule has 4 nitrogen and oxygen atoms in total. The van der Waals surface area contributed by atoms with Crippen molar-refractivity contribution in [2.75, 3.05) is 0 Å². The van der Waals surface area contributed by atoms with E-state index in [4.69, 9.17) is 5.11 Å². The van der Waals surface area contributed by atoms with Gasteiger partial charge < -0.3 is 5.11 Å². The van der Waals surface area contributed by atoms with Gasteiger partial charge in [-0.2, -0.15) is 0 Å². The molecule has 1 atom stereocenters. The molecule has 0 aromatic rings. The third kappa shape index (κ3) is 2.97. The van der Waals surface area contributed by atoms with Crippen molar-refractivity contribution in [2.24, 2.45) is 0 Å². The van der Waals surface area contributed by atoms with Crippen LogP contribution in [0.15, 0.2) is 0 Å². The fourth-order valence-electron chi connectivity index (χ4n) is 2.32. The number of sulfone groups is 1. The van der Waals surface area contributed by atoms with E-state index in [1.807, 2.05) is 6.92 Å². The largest absolute Gasteiger partial charge is 0.480 e. The van der Waals surface area contributed by atoms with E-state index in [0.29, 0.717) is 19.3 Å². The Morgan fingerprint density at radius 1 is 1.31 bits per heavy atom. The van der Waals surface area contributed by atoms with Crippen LogP contribution in [0.25, 0.3) is 0 Å². The Bertz CT molecular complexity index is 328. The van der Waals surface area contributed by atoms with Crippen molar-refractivity contribution in [2.45, 2.75) is 62.4 Å². The van der Waals surface area contributed by atoms with Gasteiger partial charge in [0, 0.05) is 0 Å². The van der Waals surface area contributed by atoms with Crippen LogP contribution in [0.3, 0.4) is 0 Å². The zero-order valence-electron chi connectivity index (χ0n) is 9.68. The molecular formula is C11H20O4S. The quantitative estimate of drug-likeness (QED) is 0.807. The predicted molar refractivity (Wildman–Crippen MR) is 62.1 cm³/mol. The lowest BCUT2D eigenvalue weighted by Crippen LogP contribution is -2.38. The van der Waals surface area contributed by atoms with Gasteiger partial charge in [0.05, 0.1) is 5.25 Å². The molecule has 0 aromatic heterocycles. The maximum Gasteiger partial charge on any atom is 0.321 e. The fourth-order valence-corrected chi connectivity index (χ4v) is 4.62. The molecule has 1 fully saturated rings. The second-order valence-electron chi connectivity index (χ2n) is 4.46. The highest BCUT2D eigenvalue weighted by Gasteiger charge is 2.38. The van der Waals surface area contributed by atoms with Gasteiger partial charge in [0.1, 0.15) is 0 Å². The molecule has 1 unspecified atom stereocenters. The van der Waals surface area contributed by atoms with Crippen molar-refractivity contribution >= 4 is 15.8 Å². The minimum Gasteiger partial charge on any atom is -0.480 e. The minimum atomic E-state index is -3.49. The first-order valence-corrected chi connectivity index (χ1v) is 7.56. The molecule has 0 aliphatic heterocycles. The number of carboxylic acid groups (broad SMARTS) is 1. The monoisotopic (exact) mass is 248 g/mol. The van der Waals surface area contributed by atoms with Crippen LogP contribution in [0.4, 0.5) is 0 Å². The molecule has 1 saturated carbocycles. The zero-order valence-corrected chi connectivity index (χ0v) is 10.5. The molecule has 0 amide bonds. The smallest absolute Gasteiger partial charge is 0.321 e. The molecule has 0 bridgehead atoms. The highest BCUT2D eigenvalue weighted by Crippen LogP contribution is 2.27. The molecule has 1 rings (SSSR count). The van der Waals surface area contributed by atoms with E-state index in [1.54, 1.807) is 0 Å². The summed E-state index contributed by atoms with van der Waals surface area (Å²) in [4.78, 5) is 11.0. The van der Waals surface area contributed by atoms with Gasteiger partial charge in [-0.05, 0) is 19.3 Å². The van der Waals surface area contributed by atoms with Crippen LogP contribution in [-0.2, 0) is 14.6 Å². The van der Waals surface area contributed by atoms with E-state index in [2.05, 4.69) is 0 Å². The average Bonchev–Trinajstić information content (AvgIpc) is 2.26. The van der Waals surface area contributed by atoms with Gasteiger partial charge in [0.25, 0.3) is 0 Å². The Morgan fingerprint density at radius 2 is 1.88 bits per heavy atom. The summed E-state index contributed by atoms with van der Waals surface area (Å²) in [5, 5.41) is 7.38. The summed E-state index contributed by atoms with van der Waals surface area (Å²) in [6.07, 6.45) is 4.96. The first kappa shape index (κ1) is 13.5. The van der Waals surface area contributed by atoms with Crippen molar-refractivity contribution in [1.82, 2.24) is 0 Å². The summed E-state index contributed by atoms with van der Waals surface area (Å²) < 4.78 is 24.3. The molecule has 0 heterocycles. The Balaban J connectivity index is 2.83. The highest BCUT2D eigenvalue weighted by molar-refractivity contribution is 7.93. The third-order valence-corrected chi connectivity index (χ3v) is 5.87. The van der Waals surface area contributed by atoms with E-state index in [9.17, 15) is 13.2 Å². The van der Waals surface area contributed by atoms with Crippen LogP contribution in [0, 0.1) is 0 Å². The Morgan fingerprint density at radius 3 is 2.31 bits per heavy atom. The molecule has 0 saturated heterocycles. The lowest BCUT2D eigenvalue weighted by Gasteiger charge is -2.24. The Kier molecular flexibility index (Phi) is 4.77. The van der Waals surface area contributed by atoms with Gasteiger partial charge >= 0.3 is 5.97 Å². The van der Waals surface area contributed by atoms with Gasteiger partial charge in [-0.15, -0.1) is 0 Å². The predicted octanol–water partition coefficient (Wildman–Crippen LogP) is 1.99. The molecular weight excluding hydrogens is 228 g/mol. The SMILES string of the molecule is CCCC(C(=O)O)S(=O)(=O)C1CCCCC1. The van der Waals surface area contributed by atoms with Crippen LogP contribution in [-0.4, -0.2) is 30.0 Å². The lowest BCUT2D eigenvalue weighted by molar-refractivity contribution is -0.136. The number of carbonyl (C=O) groups is 1. The van der Waals surface area contributed by atoms with Crippen LogP contribution >= 0.6 is 0 Å². The molecule has 1 aliphatic rings. The molecule has 0 aromatic carbocycles. The summed E-state index contributed by atoms with van der Waals surface area (Å²) in [6, 6.07) is 0. The van der Waals surface area contributed by atoms with E-state index in [-0.39, 0.29) is 6.42 Å². The van der Waals surface area contributed by atoms with Gasteiger partial charge in [-0.3, -0.25) is 4.79 Å². The third-order valence-electron chi connectivity index (χ3n) is 3.24. The van der Waals surface area contributed by atoms with Crippen molar-refractivity contribution in [3.8, 4) is 0 Å². The normalized spacial score (nSPS) is 20.6. The Hall–Kier alpha value is -0.580. The summed E-state index contributed by atoms with van der Waals surface area (Å²) >= 11 is 0. The molecule has 1 aliphatic carbocycles. The standard InChI is InChI=1S/C11H20O4S/c1-2-6-10(11(12)13)16(14,15)9-7-4-3-5-8-9/h9-10H,2-8H2,1H3,(H,12,13). The first-order valence-electron chi connectivity index (χ1n) is 5.95. The molecule has 94 valence electrons. The van der Waals surface area contributed by atoms with Crippen LogP contribution in [0.1, 0.15) is 51.9 Å². The number of hydrogen-bond donors (Lipinski definition) is 1. The Labute approximate surface area is 97.0 Å². The molecule has 1 N–H and O–H groups in total. The fraction of sp³-hybridized carbons (Fsp3) is 0.909. The highest BCUT2D eigenvalue weighted by atomic mass is 32.2. The summed E-state index contributed by atoms with van der Waals surface area (Å²) in [6.45, 7) is 1.81. The lowest BCUT2D eigenvalue weighted by atomic mass is 10.0. The second kappa shape index (κ2) is 5.66. The molecule has 16 heavy (non-hydrogen) atoms. The van der Waals surface area contributed by atoms with Crippen LogP contribution in [0.5, 0.6) is 0 Å². The van der Waals surface area contributed by atoms with E-state index in [1.165, 1.54) is 0 Å². The van der Waals surface area contributed by atoms with Crippen molar-refractivity contribution < 1.29 is 18.3 Å². The van der Waals surface area contributed by atoms with Gasteiger partial charge in [0.2, 0.25) is 0 Å². The van der Waals surface area contributed by atoms with E-state index < -0.39 is 26.3 Å². The van der Waals surface area contributed by atoms with Crippen molar-refractivity contribution in [3.63, 3.8) is 0 Å². The average molecular weight is 248 g/mol. The maximum absolute atomic E-state index is 12.1. The number of rotatable bonds is 5. The molecule has 0 radical (unpaired) electrons. The maximum atomic E-state index is 12.1. The zero-order chi connectivity index (χ0) is 12.2. The summed E-state index contributed by atoms with van der Waals surface area (Å²) in [7, 11) is -3.49. The van der Waals surface area contributed by atoms with Crippen LogP contribution in [0.2, 0.25) is 0 Å². The minimum absolute atomic E-state index is 0.230. The van der Waals surface area contributed by atoms with Gasteiger partial charge in [-0.25, -0.2) is 8.42 Å².